The quantitative estimate of drug-likeness (QED) is 0.400. The van der Waals surface area contributed by atoms with Gasteiger partial charge in [0.25, 0.3) is 0 Å². The van der Waals surface area contributed by atoms with Gasteiger partial charge >= 0.3 is 0 Å². The Hall–Kier alpha value is -1.97. The predicted octanol–water partition coefficient (Wildman–Crippen LogP) is 1.99. The lowest BCUT2D eigenvalue weighted by molar-refractivity contribution is 0.373. The number of piperazine rings is 1. The second-order valence-electron chi connectivity index (χ2n) is 6.42. The van der Waals surface area contributed by atoms with E-state index in [4.69, 9.17) is 4.74 Å². The summed E-state index contributed by atoms with van der Waals surface area (Å²) in [6, 6.07) is 8.27. The monoisotopic (exact) mass is 484 g/mol. The number of aryl methyl sites for hydroxylation is 1. The van der Waals surface area contributed by atoms with Crippen molar-refractivity contribution in [3.8, 4) is 5.75 Å². The van der Waals surface area contributed by atoms with Crippen molar-refractivity contribution < 1.29 is 4.74 Å². The third-order valence-electron chi connectivity index (χ3n) is 4.68. The van der Waals surface area contributed by atoms with E-state index in [2.05, 4.69) is 43.5 Å². The van der Waals surface area contributed by atoms with Gasteiger partial charge in [-0.25, -0.2) is 0 Å². The largest absolute Gasteiger partial charge is 0.497 e. The highest BCUT2D eigenvalue weighted by Gasteiger charge is 2.19. The Bertz CT molecular complexity index is 722. The number of hydrogen-bond donors (Lipinski definition) is 1. The highest BCUT2D eigenvalue weighted by atomic mass is 127. The second kappa shape index (κ2) is 10.4. The van der Waals surface area contributed by atoms with Crippen molar-refractivity contribution in [2.45, 2.75) is 6.42 Å². The van der Waals surface area contributed by atoms with Crippen LogP contribution in [0.1, 0.15) is 5.56 Å². The molecule has 1 aromatic carbocycles. The molecule has 1 aliphatic heterocycles. The molecule has 3 rings (SSSR count). The van der Waals surface area contributed by atoms with Crippen molar-refractivity contribution in [2.75, 3.05) is 51.8 Å². The van der Waals surface area contributed by atoms with Crippen molar-refractivity contribution >= 4 is 35.6 Å². The molecule has 1 N–H and O–H groups in total. The molecule has 0 unspecified atom stereocenters. The Labute approximate surface area is 178 Å². The Morgan fingerprint density at radius 1 is 1.19 bits per heavy atom. The molecule has 1 fully saturated rings. The predicted molar refractivity (Wildman–Crippen MR) is 120 cm³/mol. The minimum atomic E-state index is 0. The zero-order valence-electron chi connectivity index (χ0n) is 16.3. The van der Waals surface area contributed by atoms with Gasteiger partial charge in [0.2, 0.25) is 0 Å². The summed E-state index contributed by atoms with van der Waals surface area (Å²) in [6.45, 7) is 4.74. The summed E-state index contributed by atoms with van der Waals surface area (Å²) in [5.41, 5.74) is 2.48. The summed E-state index contributed by atoms with van der Waals surface area (Å²) in [5.74, 6) is 1.87. The fourth-order valence-electron chi connectivity index (χ4n) is 3.22. The van der Waals surface area contributed by atoms with E-state index in [9.17, 15) is 0 Å². The zero-order chi connectivity index (χ0) is 18.4. The molecule has 8 heteroatoms. The molecular weight excluding hydrogens is 455 g/mol. The summed E-state index contributed by atoms with van der Waals surface area (Å²) in [4.78, 5) is 9.17. The molecule has 2 aromatic rings. The molecule has 0 atom stereocenters. The van der Waals surface area contributed by atoms with E-state index in [0.717, 1.165) is 50.9 Å². The van der Waals surface area contributed by atoms with Crippen molar-refractivity contribution in [3.63, 3.8) is 0 Å². The van der Waals surface area contributed by atoms with Crippen LogP contribution in [-0.2, 0) is 13.5 Å². The summed E-state index contributed by atoms with van der Waals surface area (Å²) in [6.07, 6.45) is 4.91. The number of halogens is 1. The molecule has 0 saturated carbocycles. The maximum Gasteiger partial charge on any atom is 0.193 e. The first kappa shape index (κ1) is 21.3. The molecule has 0 bridgehead atoms. The molecule has 1 aliphatic rings. The van der Waals surface area contributed by atoms with Crippen LogP contribution in [0.4, 0.5) is 5.69 Å². The van der Waals surface area contributed by atoms with Crippen LogP contribution in [0.15, 0.2) is 41.7 Å². The smallest absolute Gasteiger partial charge is 0.193 e. The number of guanidine groups is 1. The summed E-state index contributed by atoms with van der Waals surface area (Å²) >= 11 is 0. The molecule has 0 amide bonds. The number of benzene rings is 1. The maximum absolute atomic E-state index is 5.23. The SMILES string of the molecule is CN=C(NCCc1cnn(C)c1)N1CCN(c2ccc(OC)cc2)CC1.I. The number of nitrogens with one attached hydrogen (secondary N) is 1. The van der Waals surface area contributed by atoms with Gasteiger partial charge in [-0.05, 0) is 36.2 Å². The minimum absolute atomic E-state index is 0. The molecule has 0 aliphatic carbocycles. The number of anilines is 1. The fourth-order valence-corrected chi connectivity index (χ4v) is 3.22. The van der Waals surface area contributed by atoms with Crippen LogP contribution in [0.2, 0.25) is 0 Å². The highest BCUT2D eigenvalue weighted by molar-refractivity contribution is 14.0. The number of aliphatic imine (C=N–C) groups is 1. The van der Waals surface area contributed by atoms with Gasteiger partial charge in [0.05, 0.1) is 13.3 Å². The summed E-state index contributed by atoms with van der Waals surface area (Å²) < 4.78 is 7.07. The first-order valence-electron chi connectivity index (χ1n) is 9.01. The van der Waals surface area contributed by atoms with Gasteiger partial charge < -0.3 is 19.9 Å². The molecule has 27 heavy (non-hydrogen) atoms. The van der Waals surface area contributed by atoms with E-state index in [0.29, 0.717) is 0 Å². The Kier molecular flexibility index (Phi) is 8.21. The molecule has 7 nitrogen and oxygen atoms in total. The number of aromatic nitrogens is 2. The Morgan fingerprint density at radius 2 is 1.89 bits per heavy atom. The number of methoxy groups -OCH3 is 1. The normalized spacial score (nSPS) is 14.7. The van der Waals surface area contributed by atoms with Crippen molar-refractivity contribution in [1.82, 2.24) is 20.0 Å². The van der Waals surface area contributed by atoms with Crippen LogP contribution in [0.3, 0.4) is 0 Å². The Balaban J connectivity index is 0.00000261. The lowest BCUT2D eigenvalue weighted by Crippen LogP contribution is -2.52. The van der Waals surface area contributed by atoms with Gasteiger partial charge in [-0.3, -0.25) is 9.67 Å². The van der Waals surface area contributed by atoms with E-state index in [-0.39, 0.29) is 24.0 Å². The minimum Gasteiger partial charge on any atom is -0.497 e. The van der Waals surface area contributed by atoms with Gasteiger partial charge in [0.1, 0.15) is 5.75 Å². The van der Waals surface area contributed by atoms with E-state index >= 15 is 0 Å². The summed E-state index contributed by atoms with van der Waals surface area (Å²) in [5, 5.41) is 7.68. The highest BCUT2D eigenvalue weighted by Crippen LogP contribution is 2.20. The number of hydrogen-bond acceptors (Lipinski definition) is 4. The van der Waals surface area contributed by atoms with Gasteiger partial charge in [0, 0.05) is 58.7 Å². The third kappa shape index (κ3) is 5.75. The van der Waals surface area contributed by atoms with Crippen molar-refractivity contribution in [1.29, 1.82) is 0 Å². The topological polar surface area (TPSA) is 57.9 Å². The van der Waals surface area contributed by atoms with Crippen LogP contribution in [-0.4, -0.2) is 67.5 Å². The number of ether oxygens (including phenoxy) is 1. The average molecular weight is 484 g/mol. The molecule has 1 saturated heterocycles. The lowest BCUT2D eigenvalue weighted by Gasteiger charge is -2.37. The lowest BCUT2D eigenvalue weighted by atomic mass is 10.2. The van der Waals surface area contributed by atoms with Gasteiger partial charge in [-0.1, -0.05) is 0 Å². The third-order valence-corrected chi connectivity index (χ3v) is 4.68. The van der Waals surface area contributed by atoms with E-state index in [1.54, 1.807) is 7.11 Å². The maximum atomic E-state index is 5.23. The van der Waals surface area contributed by atoms with Gasteiger partial charge in [-0.2, -0.15) is 5.10 Å². The van der Waals surface area contributed by atoms with Crippen LogP contribution in [0, 0.1) is 0 Å². The van der Waals surface area contributed by atoms with Gasteiger partial charge in [0.15, 0.2) is 5.96 Å². The molecule has 1 aromatic heterocycles. The van der Waals surface area contributed by atoms with Gasteiger partial charge in [-0.15, -0.1) is 24.0 Å². The molecule has 0 spiro atoms. The molecular formula is C19H29IN6O. The van der Waals surface area contributed by atoms with Crippen LogP contribution in [0.5, 0.6) is 5.75 Å². The van der Waals surface area contributed by atoms with E-state index < -0.39 is 0 Å². The summed E-state index contributed by atoms with van der Waals surface area (Å²) in [7, 11) is 5.49. The first-order valence-corrected chi connectivity index (χ1v) is 9.01. The molecule has 0 radical (unpaired) electrons. The van der Waals surface area contributed by atoms with Crippen LogP contribution < -0.4 is 15.0 Å². The average Bonchev–Trinajstić information content (AvgIpc) is 3.11. The van der Waals surface area contributed by atoms with E-state index in [1.165, 1.54) is 11.3 Å². The zero-order valence-corrected chi connectivity index (χ0v) is 18.6. The second-order valence-corrected chi connectivity index (χ2v) is 6.42. The molecule has 2 heterocycles. The van der Waals surface area contributed by atoms with Crippen LogP contribution in [0.25, 0.3) is 0 Å². The van der Waals surface area contributed by atoms with E-state index in [1.807, 2.05) is 37.1 Å². The van der Waals surface area contributed by atoms with Crippen molar-refractivity contribution in [2.24, 2.45) is 12.0 Å². The number of nitrogens with zero attached hydrogens (tertiary/aromatic N) is 5. The fraction of sp³-hybridized carbons (Fsp3) is 0.474. The Morgan fingerprint density at radius 3 is 2.44 bits per heavy atom. The van der Waals surface area contributed by atoms with Crippen molar-refractivity contribution in [3.05, 3.63) is 42.2 Å². The standard InChI is InChI=1S/C19H28N6O.HI/c1-20-19(21-9-8-16-14-22-23(2)15-16)25-12-10-24(11-13-25)17-4-6-18(26-3)7-5-17;/h4-7,14-15H,8-13H2,1-3H3,(H,20,21);1H. The molecule has 148 valence electrons. The van der Waals surface area contributed by atoms with Crippen LogP contribution >= 0.6 is 24.0 Å². The first-order chi connectivity index (χ1) is 12.7. The number of rotatable bonds is 5.